The van der Waals surface area contributed by atoms with Crippen LogP contribution in [-0.4, -0.2) is 29.9 Å². The highest BCUT2D eigenvalue weighted by molar-refractivity contribution is 5.95. The second kappa shape index (κ2) is 8.72. The van der Waals surface area contributed by atoms with Crippen molar-refractivity contribution in [1.82, 2.24) is 4.90 Å². The van der Waals surface area contributed by atoms with Crippen LogP contribution in [0.3, 0.4) is 0 Å². The van der Waals surface area contributed by atoms with E-state index in [1.165, 1.54) is 0 Å². The third-order valence-electron chi connectivity index (χ3n) is 3.50. The monoisotopic (exact) mass is 277 g/mol. The van der Waals surface area contributed by atoms with Gasteiger partial charge in [0.15, 0.2) is 0 Å². The maximum atomic E-state index is 12.0. The van der Waals surface area contributed by atoms with Crippen molar-refractivity contribution in [2.75, 3.05) is 18.4 Å². The van der Waals surface area contributed by atoms with Gasteiger partial charge in [0.25, 0.3) is 0 Å². The van der Waals surface area contributed by atoms with Crippen LogP contribution in [0.4, 0.5) is 5.69 Å². The van der Waals surface area contributed by atoms with Crippen molar-refractivity contribution in [3.63, 3.8) is 0 Å². The molecule has 3 N–H and O–H groups in total. The van der Waals surface area contributed by atoms with Gasteiger partial charge < -0.3 is 11.1 Å². The van der Waals surface area contributed by atoms with Crippen molar-refractivity contribution in [1.29, 1.82) is 0 Å². The van der Waals surface area contributed by atoms with E-state index in [0.29, 0.717) is 6.42 Å². The van der Waals surface area contributed by atoms with Crippen molar-refractivity contribution in [3.8, 4) is 0 Å². The Kier molecular flexibility index (Phi) is 7.26. The Balaban J connectivity index is 2.77. The minimum atomic E-state index is -0.429. The quantitative estimate of drug-likeness (QED) is 0.768. The molecule has 0 spiro atoms. The van der Waals surface area contributed by atoms with Gasteiger partial charge in [-0.15, -0.1) is 0 Å². The molecular formula is C16H27N3O. The number of rotatable bonds is 8. The number of amides is 1. The lowest BCUT2D eigenvalue weighted by Gasteiger charge is -2.21. The summed E-state index contributed by atoms with van der Waals surface area (Å²) >= 11 is 0. The van der Waals surface area contributed by atoms with E-state index in [0.717, 1.165) is 37.3 Å². The molecule has 0 fully saturated rings. The van der Waals surface area contributed by atoms with E-state index >= 15 is 0 Å². The summed E-state index contributed by atoms with van der Waals surface area (Å²) in [6.45, 7) is 9.14. The van der Waals surface area contributed by atoms with Crippen molar-refractivity contribution in [3.05, 3.63) is 29.8 Å². The minimum Gasteiger partial charge on any atom is -0.324 e. The fourth-order valence-corrected chi connectivity index (χ4v) is 2.14. The highest BCUT2D eigenvalue weighted by atomic mass is 16.2. The van der Waals surface area contributed by atoms with Gasteiger partial charge in [0.1, 0.15) is 0 Å². The standard InChI is InChI=1S/C16H27N3O/c1-4-9-14(17)16(20)18-15-11-8-7-10-13(15)12-19(5-2)6-3/h7-8,10-11,14H,4-6,9,12,17H2,1-3H3,(H,18,20)/t14-/m1/s1. The normalized spacial score (nSPS) is 12.4. The van der Waals surface area contributed by atoms with Gasteiger partial charge in [-0.25, -0.2) is 0 Å². The molecular weight excluding hydrogens is 250 g/mol. The van der Waals surface area contributed by atoms with E-state index in [2.05, 4.69) is 30.1 Å². The first kappa shape index (κ1) is 16.7. The summed E-state index contributed by atoms with van der Waals surface area (Å²) in [6, 6.07) is 7.50. The Morgan fingerprint density at radius 3 is 2.50 bits per heavy atom. The number of benzene rings is 1. The van der Waals surface area contributed by atoms with Crippen molar-refractivity contribution in [2.45, 2.75) is 46.2 Å². The second-order valence-corrected chi connectivity index (χ2v) is 5.00. The van der Waals surface area contributed by atoms with Crippen LogP contribution >= 0.6 is 0 Å². The molecule has 0 saturated carbocycles. The molecule has 1 amide bonds. The zero-order valence-electron chi connectivity index (χ0n) is 12.9. The Hall–Kier alpha value is -1.39. The molecule has 0 aliphatic rings. The van der Waals surface area contributed by atoms with Gasteiger partial charge in [0.05, 0.1) is 6.04 Å². The summed E-state index contributed by atoms with van der Waals surface area (Å²) < 4.78 is 0. The molecule has 0 aromatic heterocycles. The molecule has 1 aromatic rings. The van der Waals surface area contributed by atoms with Crippen LogP contribution in [0, 0.1) is 0 Å². The molecule has 0 saturated heterocycles. The minimum absolute atomic E-state index is 0.0983. The Labute approximate surface area is 122 Å². The van der Waals surface area contributed by atoms with Crippen LogP contribution in [0.5, 0.6) is 0 Å². The van der Waals surface area contributed by atoms with Gasteiger partial charge in [0.2, 0.25) is 5.91 Å². The van der Waals surface area contributed by atoms with E-state index in [1.807, 2.05) is 25.1 Å². The second-order valence-electron chi connectivity index (χ2n) is 5.00. The molecule has 1 atom stereocenters. The van der Waals surface area contributed by atoms with Crippen LogP contribution in [0.25, 0.3) is 0 Å². The van der Waals surface area contributed by atoms with Gasteiger partial charge in [-0.3, -0.25) is 9.69 Å². The first-order valence-corrected chi connectivity index (χ1v) is 7.49. The van der Waals surface area contributed by atoms with Crippen LogP contribution in [0.1, 0.15) is 39.2 Å². The van der Waals surface area contributed by atoms with Crippen LogP contribution in [0.15, 0.2) is 24.3 Å². The van der Waals surface area contributed by atoms with Crippen LogP contribution < -0.4 is 11.1 Å². The fraction of sp³-hybridized carbons (Fsp3) is 0.562. The summed E-state index contributed by atoms with van der Waals surface area (Å²) in [5, 5.41) is 2.96. The lowest BCUT2D eigenvalue weighted by molar-refractivity contribution is -0.117. The van der Waals surface area contributed by atoms with E-state index in [-0.39, 0.29) is 5.91 Å². The summed E-state index contributed by atoms with van der Waals surface area (Å²) in [5.41, 5.74) is 7.86. The van der Waals surface area contributed by atoms with E-state index < -0.39 is 6.04 Å². The highest BCUT2D eigenvalue weighted by Gasteiger charge is 2.14. The summed E-state index contributed by atoms with van der Waals surface area (Å²) in [7, 11) is 0. The molecule has 0 radical (unpaired) electrons. The SMILES string of the molecule is CCC[C@@H](N)C(=O)Nc1ccccc1CN(CC)CC. The van der Waals surface area contributed by atoms with E-state index in [4.69, 9.17) is 5.73 Å². The molecule has 4 heteroatoms. The predicted molar refractivity (Wildman–Crippen MR) is 84.6 cm³/mol. The topological polar surface area (TPSA) is 58.4 Å². The molecule has 0 unspecified atom stereocenters. The Morgan fingerprint density at radius 1 is 1.25 bits per heavy atom. The van der Waals surface area contributed by atoms with Crippen molar-refractivity contribution >= 4 is 11.6 Å². The number of nitrogens with one attached hydrogen (secondary N) is 1. The largest absolute Gasteiger partial charge is 0.324 e. The third kappa shape index (κ3) is 4.94. The zero-order valence-corrected chi connectivity index (χ0v) is 12.9. The number of carbonyl (C=O) groups excluding carboxylic acids is 1. The van der Waals surface area contributed by atoms with Gasteiger partial charge in [0, 0.05) is 12.2 Å². The number of anilines is 1. The highest BCUT2D eigenvalue weighted by Crippen LogP contribution is 2.17. The third-order valence-corrected chi connectivity index (χ3v) is 3.50. The van der Waals surface area contributed by atoms with Crippen molar-refractivity contribution in [2.24, 2.45) is 5.73 Å². The number of hydrogen-bond acceptors (Lipinski definition) is 3. The molecule has 4 nitrogen and oxygen atoms in total. The Bertz CT molecular complexity index is 416. The molecule has 20 heavy (non-hydrogen) atoms. The summed E-state index contributed by atoms with van der Waals surface area (Å²) in [4.78, 5) is 14.3. The molecule has 0 aliphatic heterocycles. The number of nitrogens with zero attached hydrogens (tertiary/aromatic N) is 1. The molecule has 1 aromatic carbocycles. The fourth-order valence-electron chi connectivity index (χ4n) is 2.14. The number of para-hydroxylation sites is 1. The molecule has 1 rings (SSSR count). The number of hydrogen-bond donors (Lipinski definition) is 2. The molecule has 0 heterocycles. The Morgan fingerprint density at radius 2 is 1.90 bits per heavy atom. The maximum Gasteiger partial charge on any atom is 0.241 e. The smallest absolute Gasteiger partial charge is 0.241 e. The molecule has 112 valence electrons. The predicted octanol–water partition coefficient (Wildman–Crippen LogP) is 2.59. The molecule has 0 bridgehead atoms. The zero-order chi connectivity index (χ0) is 15.0. The number of nitrogens with two attached hydrogens (primary N) is 1. The lowest BCUT2D eigenvalue weighted by atomic mass is 10.1. The summed E-state index contributed by atoms with van der Waals surface area (Å²) in [6.07, 6.45) is 1.62. The van der Waals surface area contributed by atoms with E-state index in [9.17, 15) is 4.79 Å². The van der Waals surface area contributed by atoms with Crippen molar-refractivity contribution < 1.29 is 4.79 Å². The van der Waals surface area contributed by atoms with Gasteiger partial charge in [-0.1, -0.05) is 45.4 Å². The van der Waals surface area contributed by atoms with Crippen LogP contribution in [0.2, 0.25) is 0 Å². The van der Waals surface area contributed by atoms with Gasteiger partial charge >= 0.3 is 0 Å². The molecule has 0 aliphatic carbocycles. The first-order chi connectivity index (χ1) is 9.62. The summed E-state index contributed by atoms with van der Waals surface area (Å²) in [5.74, 6) is -0.0983. The van der Waals surface area contributed by atoms with Gasteiger partial charge in [-0.2, -0.15) is 0 Å². The average Bonchev–Trinajstić information content (AvgIpc) is 2.46. The number of carbonyl (C=O) groups is 1. The van der Waals surface area contributed by atoms with Crippen LogP contribution in [-0.2, 0) is 11.3 Å². The lowest BCUT2D eigenvalue weighted by Crippen LogP contribution is -2.35. The first-order valence-electron chi connectivity index (χ1n) is 7.49. The van der Waals surface area contributed by atoms with E-state index in [1.54, 1.807) is 0 Å². The average molecular weight is 277 g/mol. The maximum absolute atomic E-state index is 12.0. The van der Waals surface area contributed by atoms with Gasteiger partial charge in [-0.05, 0) is 31.1 Å².